The third-order valence-corrected chi connectivity index (χ3v) is 8.06. The monoisotopic (exact) mass is 560 g/mol. The van der Waals surface area contributed by atoms with E-state index in [0.29, 0.717) is 17.3 Å². The summed E-state index contributed by atoms with van der Waals surface area (Å²) >= 11 is 7.72. The lowest BCUT2D eigenvalue weighted by Gasteiger charge is -2.36. The third kappa shape index (κ3) is 5.12. The Morgan fingerprint density at radius 3 is 2.44 bits per heavy atom. The number of carbonyl (C=O) groups is 2. The smallest absolute Gasteiger partial charge is 0.307 e. The van der Waals surface area contributed by atoms with Gasteiger partial charge in [-0.15, -0.1) is 0 Å². The molecule has 1 heterocycles. The van der Waals surface area contributed by atoms with Crippen molar-refractivity contribution < 1.29 is 19.1 Å². The Hall–Kier alpha value is -3.81. The van der Waals surface area contributed by atoms with E-state index in [9.17, 15) is 19.1 Å². The molecule has 5 rings (SSSR count). The Morgan fingerprint density at radius 2 is 1.77 bits per heavy atom. The number of amides is 1. The average molecular weight is 561 g/mol. The van der Waals surface area contributed by atoms with Crippen molar-refractivity contribution in [2.24, 2.45) is 0 Å². The number of aliphatic carboxylic acids is 1. The van der Waals surface area contributed by atoms with Crippen LogP contribution >= 0.6 is 23.5 Å². The van der Waals surface area contributed by atoms with Crippen molar-refractivity contribution in [3.63, 3.8) is 0 Å². The zero-order valence-electron chi connectivity index (χ0n) is 21.6. The number of nitrogens with one attached hydrogen (secondary N) is 1. The van der Waals surface area contributed by atoms with Crippen LogP contribution in [-0.2, 0) is 17.8 Å². The average Bonchev–Trinajstić information content (AvgIpc) is 2.91. The van der Waals surface area contributed by atoms with E-state index in [1.54, 1.807) is 18.0 Å². The van der Waals surface area contributed by atoms with E-state index in [2.05, 4.69) is 9.62 Å². The van der Waals surface area contributed by atoms with Crippen LogP contribution in [0.15, 0.2) is 66.7 Å². The van der Waals surface area contributed by atoms with Gasteiger partial charge in [-0.1, -0.05) is 47.8 Å². The molecule has 198 valence electrons. The molecule has 0 atom stereocenters. The van der Waals surface area contributed by atoms with E-state index in [0.717, 1.165) is 50.2 Å². The molecule has 0 radical (unpaired) electrons. The lowest BCUT2D eigenvalue weighted by atomic mass is 9.81. The zero-order chi connectivity index (χ0) is 27.8. The summed E-state index contributed by atoms with van der Waals surface area (Å²) in [6.07, 6.45) is 1.89. The number of rotatable bonds is 6. The van der Waals surface area contributed by atoms with Crippen LogP contribution in [0.5, 0.6) is 0 Å². The lowest BCUT2D eigenvalue weighted by Crippen LogP contribution is -2.23. The predicted molar refractivity (Wildman–Crippen MR) is 157 cm³/mol. The minimum absolute atomic E-state index is 0.0992. The SMILES string of the molecule is CSN1Cc2cc(NC(=O)c3cccc(F)c3)ccc2-c2c(C)c(-c3ccc(Cl)cc3)c(CC(=O)O)c(C)c21. The molecule has 0 saturated heterocycles. The topological polar surface area (TPSA) is 69.6 Å². The normalized spacial score (nSPS) is 12.1. The number of halogens is 2. The number of nitrogens with zero attached hydrogens (tertiary/aromatic N) is 1. The highest BCUT2D eigenvalue weighted by atomic mass is 35.5. The lowest BCUT2D eigenvalue weighted by molar-refractivity contribution is -0.136. The first-order chi connectivity index (χ1) is 18.7. The number of anilines is 2. The first-order valence-electron chi connectivity index (χ1n) is 12.3. The van der Waals surface area contributed by atoms with E-state index >= 15 is 0 Å². The Balaban J connectivity index is 1.66. The molecule has 0 saturated carbocycles. The highest BCUT2D eigenvalue weighted by Gasteiger charge is 2.30. The fourth-order valence-electron chi connectivity index (χ4n) is 5.34. The van der Waals surface area contributed by atoms with Gasteiger partial charge in [0, 0.05) is 28.1 Å². The molecule has 8 heteroatoms. The third-order valence-electron chi connectivity index (χ3n) is 7.06. The van der Waals surface area contributed by atoms with Gasteiger partial charge in [-0.2, -0.15) is 0 Å². The summed E-state index contributed by atoms with van der Waals surface area (Å²) < 4.78 is 15.8. The maximum Gasteiger partial charge on any atom is 0.307 e. The summed E-state index contributed by atoms with van der Waals surface area (Å²) in [5.41, 5.74) is 9.41. The standard InChI is InChI=1S/C31H26ClFN2O3S/c1-17-26(15-27(36)37)28(19-7-9-22(32)10-8-19)18(2)29-25-12-11-24(14-21(25)16-35(39-3)30(17)29)34-31(38)20-5-4-6-23(33)13-20/h4-14H,15-16H2,1-3H3,(H,34,38)(H,36,37). The van der Waals surface area contributed by atoms with E-state index < -0.39 is 11.8 Å². The Kier molecular flexibility index (Phi) is 7.38. The zero-order valence-corrected chi connectivity index (χ0v) is 23.2. The van der Waals surface area contributed by atoms with Crippen LogP contribution in [-0.4, -0.2) is 23.2 Å². The molecular weight excluding hydrogens is 535 g/mol. The van der Waals surface area contributed by atoms with Crippen LogP contribution in [0.25, 0.3) is 22.3 Å². The van der Waals surface area contributed by atoms with Gasteiger partial charge in [-0.25, -0.2) is 4.39 Å². The molecule has 5 nitrogen and oxygen atoms in total. The van der Waals surface area contributed by atoms with Gasteiger partial charge in [-0.3, -0.25) is 9.59 Å². The molecule has 0 unspecified atom stereocenters. The van der Waals surface area contributed by atoms with Gasteiger partial charge < -0.3 is 14.7 Å². The van der Waals surface area contributed by atoms with Gasteiger partial charge in [0.05, 0.1) is 18.7 Å². The molecule has 4 aromatic carbocycles. The quantitative estimate of drug-likeness (QED) is 0.234. The second-order valence-corrected chi connectivity index (χ2v) is 10.7. The fraction of sp³-hybridized carbons (Fsp3) is 0.161. The summed E-state index contributed by atoms with van der Waals surface area (Å²) in [5.74, 6) is -1.74. The van der Waals surface area contributed by atoms with Crippen molar-refractivity contribution in [1.29, 1.82) is 0 Å². The molecule has 1 aliphatic rings. The van der Waals surface area contributed by atoms with Crippen LogP contribution in [0.2, 0.25) is 5.02 Å². The number of carboxylic acid groups (broad SMARTS) is 1. The van der Waals surface area contributed by atoms with Crippen LogP contribution in [0, 0.1) is 19.7 Å². The Morgan fingerprint density at radius 1 is 1.03 bits per heavy atom. The van der Waals surface area contributed by atoms with Gasteiger partial charge in [0.15, 0.2) is 0 Å². The molecule has 2 N–H and O–H groups in total. The number of benzene rings is 4. The molecule has 4 aromatic rings. The maximum absolute atomic E-state index is 13.6. The fourth-order valence-corrected chi connectivity index (χ4v) is 6.14. The Labute approximate surface area is 235 Å². The van der Waals surface area contributed by atoms with Crippen LogP contribution in [0.4, 0.5) is 15.8 Å². The first-order valence-corrected chi connectivity index (χ1v) is 13.9. The summed E-state index contributed by atoms with van der Waals surface area (Å²) in [6.45, 7) is 4.58. The van der Waals surface area contributed by atoms with E-state index in [-0.39, 0.29) is 17.9 Å². The molecule has 0 aliphatic carbocycles. The number of carboxylic acids is 1. The van der Waals surface area contributed by atoms with E-state index in [4.69, 9.17) is 11.6 Å². The van der Waals surface area contributed by atoms with Crippen LogP contribution < -0.4 is 9.62 Å². The van der Waals surface area contributed by atoms with Crippen molar-refractivity contribution in [3.05, 3.63) is 105 Å². The summed E-state index contributed by atoms with van der Waals surface area (Å²) in [7, 11) is 0. The second kappa shape index (κ2) is 10.8. The molecule has 39 heavy (non-hydrogen) atoms. The number of carbonyl (C=O) groups excluding carboxylic acids is 1. The molecule has 0 fully saturated rings. The van der Waals surface area contributed by atoms with Crippen molar-refractivity contribution in [1.82, 2.24) is 0 Å². The molecule has 1 aliphatic heterocycles. The predicted octanol–water partition coefficient (Wildman–Crippen LogP) is 7.91. The minimum atomic E-state index is -0.891. The molecule has 0 bridgehead atoms. The van der Waals surface area contributed by atoms with E-state index in [1.807, 2.05) is 62.6 Å². The first kappa shape index (κ1) is 26.8. The largest absolute Gasteiger partial charge is 0.481 e. The highest BCUT2D eigenvalue weighted by Crippen LogP contribution is 2.50. The Bertz CT molecular complexity index is 1620. The summed E-state index contributed by atoms with van der Waals surface area (Å²) in [4.78, 5) is 24.7. The van der Waals surface area contributed by atoms with Gasteiger partial charge in [-0.05, 0) is 95.3 Å². The van der Waals surface area contributed by atoms with E-state index in [1.165, 1.54) is 18.2 Å². The minimum Gasteiger partial charge on any atom is -0.481 e. The maximum atomic E-state index is 13.6. The molecule has 0 spiro atoms. The van der Waals surface area contributed by atoms with Gasteiger partial charge >= 0.3 is 5.97 Å². The number of hydrogen-bond acceptors (Lipinski definition) is 4. The van der Waals surface area contributed by atoms with Gasteiger partial charge in [0.1, 0.15) is 5.82 Å². The molecule has 0 aromatic heterocycles. The number of hydrogen-bond donors (Lipinski definition) is 2. The van der Waals surface area contributed by atoms with Crippen LogP contribution in [0.1, 0.15) is 32.6 Å². The summed E-state index contributed by atoms with van der Waals surface area (Å²) in [6, 6.07) is 18.8. The summed E-state index contributed by atoms with van der Waals surface area (Å²) in [5, 5.41) is 13.3. The van der Waals surface area contributed by atoms with Crippen molar-refractivity contribution in [3.8, 4) is 22.3 Å². The highest BCUT2D eigenvalue weighted by molar-refractivity contribution is 7.99. The van der Waals surface area contributed by atoms with Crippen LogP contribution in [0.3, 0.4) is 0 Å². The van der Waals surface area contributed by atoms with Gasteiger partial charge in [0.25, 0.3) is 5.91 Å². The van der Waals surface area contributed by atoms with Crippen molar-refractivity contribution in [2.45, 2.75) is 26.8 Å². The van der Waals surface area contributed by atoms with Gasteiger partial charge in [0.2, 0.25) is 0 Å². The molecular formula is C31H26ClFN2O3S. The molecule has 1 amide bonds. The number of fused-ring (bicyclic) bond motifs is 3. The van der Waals surface area contributed by atoms with Crippen molar-refractivity contribution >= 4 is 46.8 Å². The van der Waals surface area contributed by atoms with Crippen molar-refractivity contribution in [2.75, 3.05) is 15.9 Å². The second-order valence-electron chi connectivity index (χ2n) is 9.46.